The van der Waals surface area contributed by atoms with Crippen molar-refractivity contribution in [1.29, 1.82) is 0 Å². The zero-order valence-corrected chi connectivity index (χ0v) is 17.5. The number of aliphatic hydroxyl groups excluding tert-OH is 1. The van der Waals surface area contributed by atoms with Gasteiger partial charge in [-0.1, -0.05) is 5.16 Å². The second-order valence-electron chi connectivity index (χ2n) is 7.44. The lowest BCUT2D eigenvalue weighted by molar-refractivity contribution is -0.0176. The number of rotatable bonds is 6. The Morgan fingerprint density at radius 3 is 2.81 bits per heavy atom. The van der Waals surface area contributed by atoms with Crippen LogP contribution in [0.3, 0.4) is 0 Å². The number of aliphatic imine (C=N–C) groups is 1. The van der Waals surface area contributed by atoms with Crippen LogP contribution in [0.5, 0.6) is 5.88 Å². The van der Waals surface area contributed by atoms with Crippen molar-refractivity contribution in [3.8, 4) is 17.1 Å². The normalized spacial score (nSPS) is 19.4. The van der Waals surface area contributed by atoms with Crippen molar-refractivity contribution < 1.29 is 19.1 Å². The van der Waals surface area contributed by atoms with Crippen molar-refractivity contribution in [3.05, 3.63) is 59.2 Å². The van der Waals surface area contributed by atoms with Gasteiger partial charge in [-0.25, -0.2) is 4.98 Å². The van der Waals surface area contributed by atoms with Gasteiger partial charge in [0.05, 0.1) is 24.3 Å². The van der Waals surface area contributed by atoms with Gasteiger partial charge in [-0.05, 0) is 38.5 Å². The van der Waals surface area contributed by atoms with Gasteiger partial charge in [-0.3, -0.25) is 9.98 Å². The van der Waals surface area contributed by atoms with E-state index in [-0.39, 0.29) is 19.3 Å². The molecule has 0 spiro atoms. The number of aromatic nitrogens is 3. The minimum atomic E-state index is -0.646. The molecule has 4 rings (SSSR count). The summed E-state index contributed by atoms with van der Waals surface area (Å²) in [7, 11) is 0. The molecule has 3 N–H and O–H groups in total. The number of aryl methyl sites for hydroxylation is 2. The minimum Gasteiger partial charge on any atom is -0.473 e. The van der Waals surface area contributed by atoms with Crippen molar-refractivity contribution in [3.63, 3.8) is 0 Å². The van der Waals surface area contributed by atoms with Gasteiger partial charge < -0.3 is 24.8 Å². The van der Waals surface area contributed by atoms with E-state index in [4.69, 9.17) is 19.7 Å². The van der Waals surface area contributed by atoms with Crippen LogP contribution in [-0.2, 0) is 11.3 Å². The number of nitrogens with zero attached hydrogens (tertiary/aromatic N) is 4. The van der Waals surface area contributed by atoms with Gasteiger partial charge >= 0.3 is 0 Å². The molecule has 0 amide bonds. The lowest BCUT2D eigenvalue weighted by Crippen LogP contribution is -2.37. The van der Waals surface area contributed by atoms with Gasteiger partial charge in [0.2, 0.25) is 5.88 Å². The third-order valence-electron chi connectivity index (χ3n) is 5.16. The van der Waals surface area contributed by atoms with Crippen LogP contribution in [-0.4, -0.2) is 51.4 Å². The molecule has 162 valence electrons. The molecule has 0 unspecified atom stereocenters. The Morgan fingerprint density at radius 1 is 1.23 bits per heavy atom. The summed E-state index contributed by atoms with van der Waals surface area (Å²) < 4.78 is 16.4. The molecular weight excluding hydrogens is 398 g/mol. The van der Waals surface area contributed by atoms with Crippen molar-refractivity contribution >= 4 is 5.84 Å². The standard InChI is InChI=1S/C22H25N5O4/c1-13-3-4-15(9-24-13)21-17(14(2)31-27-21)11-30-20-6-5-16(10-25-20)22(23)26-18-7-8-29-12-19(18)28/h3-6,9-10,18-19,28H,7-8,11-12H2,1-2H3,(H2,23,26)/t18-,19-/m0/s1. The summed E-state index contributed by atoms with van der Waals surface area (Å²) in [6.45, 7) is 4.86. The first kappa shape index (κ1) is 21.0. The first-order valence-corrected chi connectivity index (χ1v) is 10.1. The summed E-state index contributed by atoms with van der Waals surface area (Å²) in [5, 5.41) is 14.1. The number of aliphatic hydroxyl groups is 1. The van der Waals surface area contributed by atoms with E-state index >= 15 is 0 Å². The maximum absolute atomic E-state index is 9.97. The van der Waals surface area contributed by atoms with Crippen LogP contribution >= 0.6 is 0 Å². The van der Waals surface area contributed by atoms with E-state index in [2.05, 4.69) is 20.1 Å². The maximum atomic E-state index is 9.97. The summed E-state index contributed by atoms with van der Waals surface area (Å²) >= 11 is 0. The molecule has 4 heterocycles. The molecule has 1 aliphatic heterocycles. The number of ether oxygens (including phenoxy) is 2. The van der Waals surface area contributed by atoms with Crippen LogP contribution in [0.15, 0.2) is 46.2 Å². The van der Waals surface area contributed by atoms with Crippen LogP contribution in [0.2, 0.25) is 0 Å². The van der Waals surface area contributed by atoms with Crippen molar-refractivity contribution in [1.82, 2.24) is 15.1 Å². The third kappa shape index (κ3) is 4.89. The molecule has 3 aromatic rings. The lowest BCUT2D eigenvalue weighted by Gasteiger charge is -2.24. The fourth-order valence-electron chi connectivity index (χ4n) is 3.27. The first-order chi connectivity index (χ1) is 15.0. The molecule has 0 radical (unpaired) electrons. The third-order valence-corrected chi connectivity index (χ3v) is 5.16. The number of nitrogens with two attached hydrogens (primary N) is 1. The molecule has 0 aliphatic carbocycles. The van der Waals surface area contributed by atoms with Crippen molar-refractivity contribution in [2.24, 2.45) is 10.7 Å². The van der Waals surface area contributed by atoms with E-state index < -0.39 is 6.10 Å². The molecule has 0 bridgehead atoms. The Bertz CT molecular complexity index is 1050. The van der Waals surface area contributed by atoms with Crippen LogP contribution < -0.4 is 10.5 Å². The van der Waals surface area contributed by atoms with Crippen LogP contribution in [0.4, 0.5) is 0 Å². The highest BCUT2D eigenvalue weighted by atomic mass is 16.5. The van der Waals surface area contributed by atoms with Crippen LogP contribution in [0.1, 0.15) is 29.0 Å². The van der Waals surface area contributed by atoms with Crippen LogP contribution in [0.25, 0.3) is 11.3 Å². The number of hydrogen-bond donors (Lipinski definition) is 2. The van der Waals surface area contributed by atoms with E-state index in [1.54, 1.807) is 24.5 Å². The van der Waals surface area contributed by atoms with Crippen molar-refractivity contribution in [2.75, 3.05) is 13.2 Å². The first-order valence-electron chi connectivity index (χ1n) is 10.1. The average molecular weight is 423 g/mol. The second-order valence-corrected chi connectivity index (χ2v) is 7.44. The molecule has 31 heavy (non-hydrogen) atoms. The quantitative estimate of drug-likeness (QED) is 0.456. The topological polar surface area (TPSA) is 129 Å². The van der Waals surface area contributed by atoms with E-state index in [1.165, 1.54) is 0 Å². The monoisotopic (exact) mass is 423 g/mol. The summed E-state index contributed by atoms with van der Waals surface area (Å²) in [6.07, 6.45) is 3.35. The zero-order valence-electron chi connectivity index (χ0n) is 17.5. The average Bonchev–Trinajstić information content (AvgIpc) is 3.15. The second kappa shape index (κ2) is 9.23. The van der Waals surface area contributed by atoms with Gasteiger partial charge in [-0.15, -0.1) is 0 Å². The number of pyridine rings is 2. The zero-order chi connectivity index (χ0) is 21.8. The molecule has 1 aliphatic rings. The van der Waals surface area contributed by atoms with Crippen LogP contribution in [0, 0.1) is 13.8 Å². The van der Waals surface area contributed by atoms with Gasteiger partial charge in [0, 0.05) is 41.9 Å². The SMILES string of the molecule is Cc1ccc(-c2noc(C)c2COc2ccc(C(N)=N[C@H]3CCOC[C@@H]3O)cn2)cn1. The smallest absolute Gasteiger partial charge is 0.213 e. The fraction of sp³-hybridized carbons (Fsp3) is 0.364. The van der Waals surface area contributed by atoms with Gasteiger partial charge in [0.15, 0.2) is 0 Å². The predicted molar refractivity (Wildman–Crippen MR) is 114 cm³/mol. The number of amidine groups is 1. The van der Waals surface area contributed by atoms with Gasteiger partial charge in [0.1, 0.15) is 23.9 Å². The Labute approximate surface area is 179 Å². The summed E-state index contributed by atoms with van der Waals surface area (Å²) in [6, 6.07) is 7.13. The van der Waals surface area contributed by atoms with E-state index in [1.807, 2.05) is 26.0 Å². The molecule has 0 saturated carbocycles. The molecule has 9 nitrogen and oxygen atoms in total. The largest absolute Gasteiger partial charge is 0.473 e. The highest BCUT2D eigenvalue weighted by molar-refractivity contribution is 5.97. The molecule has 3 aromatic heterocycles. The van der Waals surface area contributed by atoms with E-state index in [0.29, 0.717) is 41.8 Å². The highest BCUT2D eigenvalue weighted by Crippen LogP contribution is 2.26. The Kier molecular flexibility index (Phi) is 6.24. The molecule has 0 aromatic carbocycles. The lowest BCUT2D eigenvalue weighted by atomic mass is 10.1. The van der Waals surface area contributed by atoms with Crippen molar-refractivity contribution in [2.45, 2.75) is 39.0 Å². The Hall–Kier alpha value is -3.30. The summed E-state index contributed by atoms with van der Waals surface area (Å²) in [4.78, 5) is 13.1. The minimum absolute atomic E-state index is 0.253. The fourth-order valence-corrected chi connectivity index (χ4v) is 3.27. The Balaban J connectivity index is 1.43. The van der Waals surface area contributed by atoms with E-state index in [9.17, 15) is 5.11 Å². The highest BCUT2D eigenvalue weighted by Gasteiger charge is 2.23. The molecule has 1 saturated heterocycles. The van der Waals surface area contributed by atoms with Gasteiger partial charge in [0.25, 0.3) is 0 Å². The summed E-state index contributed by atoms with van der Waals surface area (Å²) in [5.41, 5.74) is 10.1. The van der Waals surface area contributed by atoms with Gasteiger partial charge in [-0.2, -0.15) is 0 Å². The maximum Gasteiger partial charge on any atom is 0.213 e. The predicted octanol–water partition coefficient (Wildman–Crippen LogP) is 2.18. The molecule has 9 heteroatoms. The molecule has 1 fully saturated rings. The molecular formula is C22H25N5O4. The molecule has 2 atom stereocenters. The summed E-state index contributed by atoms with van der Waals surface area (Å²) in [5.74, 6) is 1.45. The van der Waals surface area contributed by atoms with E-state index in [0.717, 1.165) is 16.8 Å². The Morgan fingerprint density at radius 2 is 2.10 bits per heavy atom. The number of hydrogen-bond acceptors (Lipinski definition) is 8.